The Kier molecular flexibility index (Phi) is 4.45. The molecule has 0 saturated carbocycles. The number of amidine groups is 2. The molecule has 1 aliphatic rings. The van der Waals surface area contributed by atoms with Gasteiger partial charge in [0, 0.05) is 7.05 Å². The number of benzene rings is 2. The first kappa shape index (κ1) is 17.0. The molecule has 0 bridgehead atoms. The van der Waals surface area contributed by atoms with Gasteiger partial charge in [-0.2, -0.15) is 8.42 Å². The maximum Gasteiger partial charge on any atom is 0.372 e. The van der Waals surface area contributed by atoms with Crippen LogP contribution >= 0.6 is 0 Å². The Morgan fingerprint density at radius 3 is 1.60 bits per heavy atom. The monoisotopic (exact) mass is 359 g/mol. The SMILES string of the molecule is Cc1ccccc1OC1=NS(=O)(=O)N=C(Oc2ccccc2C)N1C. The molecular formula is C17H17N3O4S. The van der Waals surface area contributed by atoms with Gasteiger partial charge in [0.1, 0.15) is 11.5 Å². The number of aryl methyl sites for hydroxylation is 2. The minimum atomic E-state index is -4.10. The van der Waals surface area contributed by atoms with Crippen LogP contribution in [-0.4, -0.2) is 32.4 Å². The summed E-state index contributed by atoms with van der Waals surface area (Å²) in [5.74, 6) is 1.00. The summed E-state index contributed by atoms with van der Waals surface area (Å²) in [4.78, 5) is 1.35. The van der Waals surface area contributed by atoms with Crippen LogP contribution in [0.3, 0.4) is 0 Å². The van der Waals surface area contributed by atoms with E-state index in [0.29, 0.717) is 11.5 Å². The highest BCUT2D eigenvalue weighted by Crippen LogP contribution is 2.22. The maximum atomic E-state index is 12.0. The number of rotatable bonds is 2. The lowest BCUT2D eigenvalue weighted by atomic mass is 10.2. The molecule has 2 aromatic carbocycles. The first-order chi connectivity index (χ1) is 11.9. The summed E-state index contributed by atoms with van der Waals surface area (Å²) in [5, 5.41) is 0. The third-order valence-electron chi connectivity index (χ3n) is 3.55. The molecule has 0 N–H and O–H groups in total. The molecule has 0 unspecified atom stereocenters. The topological polar surface area (TPSA) is 80.6 Å². The molecule has 0 saturated heterocycles. The van der Waals surface area contributed by atoms with Crippen LogP contribution in [0.15, 0.2) is 57.3 Å². The lowest BCUT2D eigenvalue weighted by Crippen LogP contribution is -2.43. The van der Waals surface area contributed by atoms with Gasteiger partial charge in [-0.15, -0.1) is 0 Å². The first-order valence-corrected chi connectivity index (χ1v) is 8.91. The van der Waals surface area contributed by atoms with Crippen LogP contribution in [0.5, 0.6) is 11.5 Å². The lowest BCUT2D eigenvalue weighted by Gasteiger charge is -2.24. The largest absolute Gasteiger partial charge is 0.425 e. The Labute approximate surface area is 146 Å². The Morgan fingerprint density at radius 1 is 0.800 bits per heavy atom. The van der Waals surface area contributed by atoms with Crippen molar-refractivity contribution in [1.29, 1.82) is 0 Å². The molecule has 0 radical (unpaired) electrons. The fourth-order valence-corrected chi connectivity index (χ4v) is 2.89. The minimum absolute atomic E-state index is 0.132. The average molecular weight is 359 g/mol. The Morgan fingerprint density at radius 2 is 1.20 bits per heavy atom. The fraction of sp³-hybridized carbons (Fsp3) is 0.176. The molecule has 0 aromatic heterocycles. The summed E-state index contributed by atoms with van der Waals surface area (Å²) in [5.41, 5.74) is 1.69. The third-order valence-corrected chi connectivity index (χ3v) is 4.32. The van der Waals surface area contributed by atoms with Crippen molar-refractivity contribution < 1.29 is 17.9 Å². The van der Waals surface area contributed by atoms with Crippen molar-refractivity contribution in [2.45, 2.75) is 13.8 Å². The van der Waals surface area contributed by atoms with Gasteiger partial charge < -0.3 is 9.47 Å². The molecule has 0 atom stereocenters. The summed E-state index contributed by atoms with van der Waals surface area (Å²) in [6.45, 7) is 3.71. The van der Waals surface area contributed by atoms with Gasteiger partial charge in [0.05, 0.1) is 0 Å². The molecule has 8 heteroatoms. The minimum Gasteiger partial charge on any atom is -0.425 e. The molecule has 0 aliphatic carbocycles. The van der Waals surface area contributed by atoms with E-state index in [4.69, 9.17) is 9.47 Å². The van der Waals surface area contributed by atoms with Crippen molar-refractivity contribution in [3.05, 3.63) is 59.7 Å². The summed E-state index contributed by atoms with van der Waals surface area (Å²) in [7, 11) is -2.52. The smallest absolute Gasteiger partial charge is 0.372 e. The van der Waals surface area contributed by atoms with Gasteiger partial charge in [0.15, 0.2) is 0 Å². The van der Waals surface area contributed by atoms with Crippen LogP contribution < -0.4 is 9.47 Å². The Balaban J connectivity index is 1.91. The zero-order valence-electron chi connectivity index (χ0n) is 14.0. The van der Waals surface area contributed by atoms with E-state index in [2.05, 4.69) is 8.80 Å². The van der Waals surface area contributed by atoms with Crippen LogP contribution in [-0.2, 0) is 10.2 Å². The lowest BCUT2D eigenvalue weighted by molar-refractivity contribution is 0.406. The Hall–Kier alpha value is -2.87. The van der Waals surface area contributed by atoms with Crippen molar-refractivity contribution in [2.75, 3.05) is 7.05 Å². The van der Waals surface area contributed by atoms with E-state index in [1.807, 2.05) is 38.1 Å². The first-order valence-electron chi connectivity index (χ1n) is 7.51. The van der Waals surface area contributed by atoms with Crippen molar-refractivity contribution in [3.8, 4) is 11.5 Å². The van der Waals surface area contributed by atoms with E-state index < -0.39 is 10.2 Å². The summed E-state index contributed by atoms with van der Waals surface area (Å²) in [6.07, 6.45) is 0. The molecule has 130 valence electrons. The van der Waals surface area contributed by atoms with Gasteiger partial charge in [-0.3, -0.25) is 4.90 Å². The zero-order valence-corrected chi connectivity index (χ0v) is 14.8. The standard InChI is InChI=1S/C17H17N3O4S/c1-12-8-4-6-10-14(12)23-16-18-25(21,22)19-17(20(16)3)24-15-11-7-5-9-13(15)2/h4-11H,1-3H3. The highest BCUT2D eigenvalue weighted by Gasteiger charge is 2.29. The van der Waals surface area contributed by atoms with Gasteiger partial charge in [-0.25, -0.2) is 0 Å². The van der Waals surface area contributed by atoms with E-state index in [-0.39, 0.29) is 12.0 Å². The molecule has 3 rings (SSSR count). The second-order valence-electron chi connectivity index (χ2n) is 5.49. The molecule has 0 amide bonds. The number of nitrogens with zero attached hydrogens (tertiary/aromatic N) is 3. The van der Waals surface area contributed by atoms with Crippen LogP contribution in [0.4, 0.5) is 0 Å². The van der Waals surface area contributed by atoms with E-state index in [1.54, 1.807) is 31.3 Å². The number of hydrogen-bond acceptors (Lipinski definition) is 5. The summed E-state index contributed by atoms with van der Waals surface area (Å²) < 4.78 is 42.5. The van der Waals surface area contributed by atoms with Crippen LogP contribution in [0, 0.1) is 13.8 Å². The second kappa shape index (κ2) is 6.56. The molecule has 7 nitrogen and oxygen atoms in total. The zero-order chi connectivity index (χ0) is 18.0. The van der Waals surface area contributed by atoms with Crippen LogP contribution in [0.1, 0.15) is 11.1 Å². The number of para-hydroxylation sites is 2. The van der Waals surface area contributed by atoms with Crippen molar-refractivity contribution in [1.82, 2.24) is 4.90 Å². The van der Waals surface area contributed by atoms with E-state index in [9.17, 15) is 8.42 Å². The molecule has 0 spiro atoms. The average Bonchev–Trinajstić information content (AvgIpc) is 2.55. The summed E-state index contributed by atoms with van der Waals surface area (Å²) >= 11 is 0. The third kappa shape index (κ3) is 3.80. The van der Waals surface area contributed by atoms with Gasteiger partial charge in [0.25, 0.3) is 0 Å². The van der Waals surface area contributed by atoms with Gasteiger partial charge in [-0.1, -0.05) is 45.2 Å². The highest BCUT2D eigenvalue weighted by molar-refractivity contribution is 7.89. The maximum absolute atomic E-state index is 12.0. The molecule has 2 aromatic rings. The molecule has 25 heavy (non-hydrogen) atoms. The Bertz CT molecular complexity index is 896. The van der Waals surface area contributed by atoms with Gasteiger partial charge >= 0.3 is 22.3 Å². The summed E-state index contributed by atoms with van der Waals surface area (Å²) in [6, 6.07) is 14.2. The van der Waals surface area contributed by atoms with Gasteiger partial charge in [0.2, 0.25) is 0 Å². The van der Waals surface area contributed by atoms with Gasteiger partial charge in [-0.05, 0) is 37.1 Å². The van der Waals surface area contributed by atoms with Crippen LogP contribution in [0.2, 0.25) is 0 Å². The second-order valence-corrected chi connectivity index (χ2v) is 6.75. The fourth-order valence-electron chi connectivity index (χ4n) is 2.13. The van der Waals surface area contributed by atoms with E-state index in [1.165, 1.54) is 4.90 Å². The normalized spacial score (nSPS) is 16.0. The van der Waals surface area contributed by atoms with E-state index in [0.717, 1.165) is 11.1 Å². The van der Waals surface area contributed by atoms with Crippen LogP contribution in [0.25, 0.3) is 0 Å². The van der Waals surface area contributed by atoms with E-state index >= 15 is 0 Å². The quantitative estimate of drug-likeness (QED) is 0.823. The number of hydrogen-bond donors (Lipinski definition) is 0. The molecule has 1 aliphatic heterocycles. The number of ether oxygens (including phenoxy) is 2. The molecule has 1 heterocycles. The van der Waals surface area contributed by atoms with Crippen molar-refractivity contribution in [3.63, 3.8) is 0 Å². The molecular weight excluding hydrogens is 342 g/mol. The predicted molar refractivity (Wildman–Crippen MR) is 95.2 cm³/mol. The van der Waals surface area contributed by atoms with Crippen molar-refractivity contribution in [2.24, 2.45) is 8.80 Å². The molecule has 0 fully saturated rings. The van der Waals surface area contributed by atoms with Crippen molar-refractivity contribution >= 4 is 22.3 Å². The predicted octanol–water partition coefficient (Wildman–Crippen LogP) is 2.66. The highest BCUT2D eigenvalue weighted by atomic mass is 32.2.